The van der Waals surface area contributed by atoms with Gasteiger partial charge in [0.15, 0.2) is 0 Å². The lowest BCUT2D eigenvalue weighted by Gasteiger charge is -2.17. The van der Waals surface area contributed by atoms with Gasteiger partial charge in [-0.1, -0.05) is 11.2 Å². The molecule has 16 heavy (non-hydrogen) atoms. The van der Waals surface area contributed by atoms with E-state index in [9.17, 15) is 9.90 Å². The zero-order valence-electron chi connectivity index (χ0n) is 9.15. The number of azide groups is 1. The van der Waals surface area contributed by atoms with Crippen molar-refractivity contribution in [3.05, 3.63) is 22.6 Å². The molecule has 0 radical (unpaired) electrons. The highest BCUT2D eigenvalue weighted by molar-refractivity contribution is 5.82. The molecule has 7 nitrogen and oxygen atoms in total. The lowest BCUT2D eigenvalue weighted by molar-refractivity contribution is -0.137. The molecule has 0 saturated carbocycles. The van der Waals surface area contributed by atoms with Crippen LogP contribution in [0.4, 0.5) is 0 Å². The maximum absolute atomic E-state index is 11.0. The molecule has 0 saturated heterocycles. The van der Waals surface area contributed by atoms with Gasteiger partial charge in [-0.05, 0) is 19.4 Å². The van der Waals surface area contributed by atoms with Crippen molar-refractivity contribution in [2.45, 2.75) is 32.1 Å². The van der Waals surface area contributed by atoms with Crippen molar-refractivity contribution in [1.82, 2.24) is 0 Å². The first-order valence-corrected chi connectivity index (χ1v) is 4.78. The van der Waals surface area contributed by atoms with Gasteiger partial charge in [-0.25, -0.2) is 4.79 Å². The summed E-state index contributed by atoms with van der Waals surface area (Å²) in [6.07, 6.45) is -0.0901. The van der Waals surface area contributed by atoms with Crippen molar-refractivity contribution >= 4 is 5.97 Å². The summed E-state index contributed by atoms with van der Waals surface area (Å²) in [4.78, 5) is 13.5. The van der Waals surface area contributed by atoms with Crippen molar-refractivity contribution in [1.29, 1.82) is 0 Å². The number of esters is 1. The smallest absolute Gasteiger partial charge is 0.330 e. The molecule has 2 N–H and O–H groups in total. The van der Waals surface area contributed by atoms with Crippen LogP contribution < -0.4 is 0 Å². The summed E-state index contributed by atoms with van der Waals surface area (Å²) in [6, 6.07) is -1.01. The second-order valence-corrected chi connectivity index (χ2v) is 3.04. The molecule has 0 rings (SSSR count). The fraction of sp³-hybridized carbons (Fsp3) is 0.667. The van der Waals surface area contributed by atoms with E-state index in [1.807, 2.05) is 0 Å². The monoisotopic (exact) mass is 229 g/mol. The van der Waals surface area contributed by atoms with Gasteiger partial charge in [0, 0.05) is 11.0 Å². The minimum absolute atomic E-state index is 0.230. The van der Waals surface area contributed by atoms with Crippen LogP contribution in [-0.4, -0.2) is 41.0 Å². The van der Waals surface area contributed by atoms with E-state index in [0.29, 0.717) is 0 Å². The molecule has 0 spiro atoms. The second-order valence-electron chi connectivity index (χ2n) is 3.04. The van der Waals surface area contributed by atoms with E-state index in [1.165, 1.54) is 13.0 Å². The van der Waals surface area contributed by atoms with Crippen LogP contribution in [-0.2, 0) is 9.53 Å². The molecule has 0 aromatic heterocycles. The van der Waals surface area contributed by atoms with Gasteiger partial charge in [-0.3, -0.25) is 0 Å². The van der Waals surface area contributed by atoms with Gasteiger partial charge in [0.25, 0.3) is 0 Å². The summed E-state index contributed by atoms with van der Waals surface area (Å²) in [5, 5.41) is 21.8. The Morgan fingerprint density at radius 1 is 1.62 bits per heavy atom. The molecule has 0 aliphatic heterocycles. The first-order valence-electron chi connectivity index (χ1n) is 4.78. The maximum Gasteiger partial charge on any atom is 0.330 e. The summed E-state index contributed by atoms with van der Waals surface area (Å²) in [7, 11) is 0. The van der Waals surface area contributed by atoms with Crippen LogP contribution in [0.2, 0.25) is 0 Å². The molecule has 3 atom stereocenters. The van der Waals surface area contributed by atoms with E-state index < -0.39 is 24.2 Å². The second kappa shape index (κ2) is 7.70. The Morgan fingerprint density at radius 2 is 2.25 bits per heavy atom. The number of aliphatic hydroxyl groups excluding tert-OH is 2. The molecule has 0 heterocycles. The number of rotatable bonds is 6. The van der Waals surface area contributed by atoms with Gasteiger partial charge in [0.2, 0.25) is 0 Å². The minimum Gasteiger partial charge on any atom is -0.463 e. The first kappa shape index (κ1) is 14.4. The molecule has 0 amide bonds. The van der Waals surface area contributed by atoms with Gasteiger partial charge in [-0.2, -0.15) is 0 Å². The average molecular weight is 229 g/mol. The van der Waals surface area contributed by atoms with Crippen LogP contribution in [0.1, 0.15) is 13.8 Å². The highest BCUT2D eigenvalue weighted by Gasteiger charge is 2.20. The van der Waals surface area contributed by atoms with Crippen LogP contribution >= 0.6 is 0 Å². The van der Waals surface area contributed by atoms with Gasteiger partial charge >= 0.3 is 5.97 Å². The summed E-state index contributed by atoms with van der Waals surface area (Å²) in [5.74, 6) is -0.599. The third-order valence-electron chi connectivity index (χ3n) is 1.75. The number of aliphatic hydroxyl groups is 2. The van der Waals surface area contributed by atoms with E-state index in [0.717, 1.165) is 6.08 Å². The van der Waals surface area contributed by atoms with Crippen molar-refractivity contribution in [3.8, 4) is 0 Å². The van der Waals surface area contributed by atoms with Crippen molar-refractivity contribution in [2.24, 2.45) is 5.11 Å². The van der Waals surface area contributed by atoms with Gasteiger partial charge in [-0.15, -0.1) is 0 Å². The third-order valence-corrected chi connectivity index (χ3v) is 1.75. The molecule has 0 fully saturated rings. The minimum atomic E-state index is -1.26. The Balaban J connectivity index is 4.56. The fourth-order valence-electron chi connectivity index (χ4n) is 0.933. The van der Waals surface area contributed by atoms with Crippen molar-refractivity contribution < 1.29 is 19.7 Å². The summed E-state index contributed by atoms with van der Waals surface area (Å²) >= 11 is 0. The Kier molecular flexibility index (Phi) is 6.95. The third kappa shape index (κ3) is 5.35. The molecular weight excluding hydrogens is 214 g/mol. The van der Waals surface area contributed by atoms with Crippen LogP contribution in [0.25, 0.3) is 10.4 Å². The zero-order chi connectivity index (χ0) is 12.6. The molecule has 0 aliphatic rings. The van der Waals surface area contributed by atoms with E-state index >= 15 is 0 Å². The molecule has 0 unspecified atom stereocenters. The van der Waals surface area contributed by atoms with Gasteiger partial charge < -0.3 is 14.9 Å². The van der Waals surface area contributed by atoms with E-state index in [1.54, 1.807) is 6.92 Å². The highest BCUT2D eigenvalue weighted by Crippen LogP contribution is 2.06. The van der Waals surface area contributed by atoms with Crippen LogP contribution in [0.5, 0.6) is 0 Å². The first-order chi connectivity index (χ1) is 7.52. The Morgan fingerprint density at radius 3 is 2.69 bits per heavy atom. The molecule has 0 aromatic rings. The van der Waals surface area contributed by atoms with E-state index in [4.69, 9.17) is 10.6 Å². The van der Waals surface area contributed by atoms with Crippen molar-refractivity contribution in [2.75, 3.05) is 6.61 Å². The number of ether oxygens (including phenoxy) is 1. The van der Waals surface area contributed by atoms with Crippen LogP contribution in [0.15, 0.2) is 17.3 Å². The quantitative estimate of drug-likeness (QED) is 0.227. The lowest BCUT2D eigenvalue weighted by atomic mass is 10.1. The average Bonchev–Trinajstić information content (AvgIpc) is 2.23. The maximum atomic E-state index is 11.0. The molecule has 7 heteroatoms. The Labute approximate surface area is 93.0 Å². The topological polar surface area (TPSA) is 116 Å². The normalized spacial score (nSPS) is 16.2. The number of carbonyl (C=O) groups excluding carboxylic acids is 1. The Hall–Kier alpha value is -1.56. The van der Waals surface area contributed by atoms with Gasteiger partial charge in [0.1, 0.15) is 0 Å². The molecule has 0 bridgehead atoms. The lowest BCUT2D eigenvalue weighted by Crippen LogP contribution is -2.33. The zero-order valence-corrected chi connectivity index (χ0v) is 9.15. The molecular formula is C9H15N3O4. The number of hydrogen-bond acceptors (Lipinski definition) is 5. The van der Waals surface area contributed by atoms with Gasteiger partial charge in [0.05, 0.1) is 24.9 Å². The van der Waals surface area contributed by atoms with Crippen LogP contribution in [0.3, 0.4) is 0 Å². The molecule has 90 valence electrons. The number of carbonyl (C=O) groups is 1. The standard InChI is InChI=1S/C9H15N3O4/c1-3-16-8(14)5-4-7(11-12-10)9(15)6(2)13/h4-7,9,13,15H,3H2,1-2H3/b5-4+/t6-,7+,9+/m0/s1. The molecule has 0 aliphatic carbocycles. The van der Waals surface area contributed by atoms with Crippen LogP contribution in [0, 0.1) is 0 Å². The summed E-state index contributed by atoms with van der Waals surface area (Å²) in [6.45, 7) is 3.23. The molecule has 0 aromatic carbocycles. The number of hydrogen-bond donors (Lipinski definition) is 2. The predicted octanol–water partition coefficient (Wildman–Crippen LogP) is 0.526. The number of nitrogens with zero attached hydrogens (tertiary/aromatic N) is 3. The highest BCUT2D eigenvalue weighted by atomic mass is 16.5. The fourth-order valence-corrected chi connectivity index (χ4v) is 0.933. The Bertz CT molecular complexity index is 297. The van der Waals surface area contributed by atoms with Crippen molar-refractivity contribution in [3.63, 3.8) is 0 Å². The predicted molar refractivity (Wildman–Crippen MR) is 56.4 cm³/mol. The summed E-state index contributed by atoms with van der Waals surface area (Å²) < 4.78 is 4.61. The SMILES string of the molecule is CCOC(=O)/C=C/[C@@H](N=[N+]=[N-])[C@H](O)[C@H](C)O. The summed E-state index contributed by atoms with van der Waals surface area (Å²) in [5.41, 5.74) is 8.25. The largest absolute Gasteiger partial charge is 0.463 e. The van der Waals surface area contributed by atoms with E-state index in [2.05, 4.69) is 14.8 Å². The van der Waals surface area contributed by atoms with E-state index in [-0.39, 0.29) is 6.61 Å².